The normalized spacial score (nSPS) is 17.2. The summed E-state index contributed by atoms with van der Waals surface area (Å²) in [6.45, 7) is 3.19. The van der Waals surface area contributed by atoms with Crippen LogP contribution in [0, 0.1) is 12.8 Å². The van der Waals surface area contributed by atoms with Crippen molar-refractivity contribution >= 4 is 5.91 Å². The molecule has 0 bridgehead atoms. The Kier molecular flexibility index (Phi) is 4.42. The maximum Gasteiger partial charge on any atom is 0.227 e. The number of aromatic nitrogens is 1. The van der Waals surface area contributed by atoms with Gasteiger partial charge in [-0.05, 0) is 37.3 Å². The van der Waals surface area contributed by atoms with Crippen LogP contribution >= 0.6 is 0 Å². The summed E-state index contributed by atoms with van der Waals surface area (Å²) in [5.41, 5.74) is 2.01. The van der Waals surface area contributed by atoms with Gasteiger partial charge >= 0.3 is 0 Å². The number of carbonyl (C=O) groups excluding carboxylic acids is 1. The lowest BCUT2D eigenvalue weighted by Gasteiger charge is -2.14. The molecule has 22 heavy (non-hydrogen) atoms. The first-order valence-electron chi connectivity index (χ1n) is 7.60. The fraction of sp³-hybridized carbons (Fsp3) is 0.412. The topological polar surface area (TPSA) is 64.4 Å². The Morgan fingerprint density at radius 3 is 3.09 bits per heavy atom. The van der Waals surface area contributed by atoms with Crippen molar-refractivity contribution in [3.05, 3.63) is 47.3 Å². The third-order valence-electron chi connectivity index (χ3n) is 3.86. The van der Waals surface area contributed by atoms with Gasteiger partial charge in [0.25, 0.3) is 0 Å². The first kappa shape index (κ1) is 14.6. The summed E-state index contributed by atoms with van der Waals surface area (Å²) in [6, 6.07) is 9.89. The van der Waals surface area contributed by atoms with Crippen LogP contribution in [0.3, 0.4) is 0 Å². The Balaban J connectivity index is 1.52. The molecule has 5 heteroatoms. The second-order valence-corrected chi connectivity index (χ2v) is 5.73. The average molecular weight is 300 g/mol. The van der Waals surface area contributed by atoms with Crippen LogP contribution in [-0.4, -0.2) is 24.2 Å². The molecule has 0 saturated carbocycles. The largest absolute Gasteiger partial charge is 0.493 e. The van der Waals surface area contributed by atoms with Crippen LogP contribution in [0.4, 0.5) is 0 Å². The Bertz CT molecular complexity index is 651. The van der Waals surface area contributed by atoms with E-state index in [4.69, 9.17) is 9.26 Å². The molecule has 1 aromatic carbocycles. The van der Waals surface area contributed by atoms with Crippen LogP contribution in [0.25, 0.3) is 0 Å². The maximum absolute atomic E-state index is 12.0. The molecule has 1 N–H and O–H groups in total. The van der Waals surface area contributed by atoms with Gasteiger partial charge in [0.2, 0.25) is 5.91 Å². The molecule has 116 valence electrons. The lowest BCUT2D eigenvalue weighted by atomic mass is 9.97. The van der Waals surface area contributed by atoms with Gasteiger partial charge in [-0.1, -0.05) is 23.4 Å². The summed E-state index contributed by atoms with van der Waals surface area (Å²) in [5.74, 6) is 1.93. The van der Waals surface area contributed by atoms with Crippen molar-refractivity contribution in [2.45, 2.75) is 26.2 Å². The van der Waals surface area contributed by atoms with Gasteiger partial charge < -0.3 is 14.6 Å². The van der Waals surface area contributed by atoms with Gasteiger partial charge in [-0.25, -0.2) is 0 Å². The van der Waals surface area contributed by atoms with Crippen LogP contribution in [0.2, 0.25) is 0 Å². The zero-order chi connectivity index (χ0) is 15.4. The molecule has 3 rings (SSSR count). The quantitative estimate of drug-likeness (QED) is 0.941. The van der Waals surface area contributed by atoms with Gasteiger partial charge in [0, 0.05) is 12.6 Å². The fourth-order valence-electron chi connectivity index (χ4n) is 2.71. The van der Waals surface area contributed by atoms with Gasteiger partial charge in [-0.3, -0.25) is 4.79 Å². The zero-order valence-electron chi connectivity index (χ0n) is 12.7. The smallest absolute Gasteiger partial charge is 0.227 e. The minimum atomic E-state index is -0.0328. The number of para-hydroxylation sites is 1. The highest BCUT2D eigenvalue weighted by molar-refractivity contribution is 5.77. The summed E-state index contributed by atoms with van der Waals surface area (Å²) in [7, 11) is 0. The number of hydrogen-bond donors (Lipinski definition) is 1. The molecule has 1 amide bonds. The summed E-state index contributed by atoms with van der Waals surface area (Å²) in [5, 5.41) is 6.77. The minimum Gasteiger partial charge on any atom is -0.493 e. The first-order chi connectivity index (χ1) is 10.7. The molecule has 2 aromatic rings. The fourth-order valence-corrected chi connectivity index (χ4v) is 2.71. The molecule has 0 saturated heterocycles. The SMILES string of the molecule is Cc1cc(CC(=O)NC[C@@H]2CCOc3ccccc3C2)on1. The highest BCUT2D eigenvalue weighted by Gasteiger charge is 2.18. The first-order valence-corrected chi connectivity index (χ1v) is 7.60. The third kappa shape index (κ3) is 3.67. The van der Waals surface area contributed by atoms with E-state index in [1.807, 2.05) is 25.1 Å². The van der Waals surface area contributed by atoms with Crippen molar-refractivity contribution in [3.8, 4) is 5.75 Å². The number of carbonyl (C=O) groups is 1. The van der Waals surface area contributed by atoms with Gasteiger partial charge in [-0.15, -0.1) is 0 Å². The maximum atomic E-state index is 12.0. The van der Waals surface area contributed by atoms with E-state index in [9.17, 15) is 4.79 Å². The molecule has 2 heterocycles. The van der Waals surface area contributed by atoms with Crippen LogP contribution in [0.1, 0.15) is 23.4 Å². The summed E-state index contributed by atoms with van der Waals surface area (Å²) in [4.78, 5) is 12.0. The molecule has 1 atom stereocenters. The number of hydrogen-bond acceptors (Lipinski definition) is 4. The molecule has 1 aliphatic rings. The molecule has 0 unspecified atom stereocenters. The van der Waals surface area contributed by atoms with Crippen molar-refractivity contribution in [1.29, 1.82) is 0 Å². The van der Waals surface area contributed by atoms with Gasteiger partial charge in [-0.2, -0.15) is 0 Å². The number of benzene rings is 1. The summed E-state index contributed by atoms with van der Waals surface area (Å²) < 4.78 is 10.8. The number of aryl methyl sites for hydroxylation is 1. The minimum absolute atomic E-state index is 0.0328. The Hall–Kier alpha value is -2.30. The van der Waals surface area contributed by atoms with E-state index in [1.165, 1.54) is 5.56 Å². The number of amides is 1. The highest BCUT2D eigenvalue weighted by atomic mass is 16.5. The molecular formula is C17H20N2O3. The molecule has 5 nitrogen and oxygen atoms in total. The molecule has 0 aliphatic carbocycles. The number of ether oxygens (including phenoxy) is 1. The van der Waals surface area contributed by atoms with Crippen LogP contribution in [0.15, 0.2) is 34.9 Å². The Morgan fingerprint density at radius 2 is 2.27 bits per heavy atom. The van der Waals surface area contributed by atoms with E-state index in [0.717, 1.165) is 24.3 Å². The van der Waals surface area contributed by atoms with Crippen molar-refractivity contribution in [2.75, 3.05) is 13.2 Å². The zero-order valence-corrected chi connectivity index (χ0v) is 12.7. The lowest BCUT2D eigenvalue weighted by molar-refractivity contribution is -0.120. The molecule has 1 aromatic heterocycles. The van der Waals surface area contributed by atoms with E-state index < -0.39 is 0 Å². The highest BCUT2D eigenvalue weighted by Crippen LogP contribution is 2.26. The monoisotopic (exact) mass is 300 g/mol. The summed E-state index contributed by atoms with van der Waals surface area (Å²) >= 11 is 0. The molecule has 0 fully saturated rings. The van der Waals surface area contributed by atoms with Crippen molar-refractivity contribution in [1.82, 2.24) is 10.5 Å². The lowest BCUT2D eigenvalue weighted by Crippen LogP contribution is -2.31. The van der Waals surface area contributed by atoms with Crippen molar-refractivity contribution < 1.29 is 14.1 Å². The van der Waals surface area contributed by atoms with Crippen LogP contribution < -0.4 is 10.1 Å². The third-order valence-corrected chi connectivity index (χ3v) is 3.86. The van der Waals surface area contributed by atoms with E-state index >= 15 is 0 Å². The predicted molar refractivity (Wildman–Crippen MR) is 81.7 cm³/mol. The summed E-state index contributed by atoms with van der Waals surface area (Å²) in [6.07, 6.45) is 2.11. The number of rotatable bonds is 4. The average Bonchev–Trinajstić information content (AvgIpc) is 2.80. The second-order valence-electron chi connectivity index (χ2n) is 5.73. The van der Waals surface area contributed by atoms with Crippen LogP contribution in [-0.2, 0) is 17.6 Å². The standard InChI is InChI=1S/C17H20N2O3/c1-12-8-15(22-19-12)10-17(20)18-11-13-6-7-21-16-5-3-2-4-14(16)9-13/h2-5,8,13H,6-7,9-11H2,1H3,(H,18,20)/t13-/m1/s1. The number of nitrogens with one attached hydrogen (secondary N) is 1. The van der Waals surface area contributed by atoms with E-state index in [1.54, 1.807) is 6.07 Å². The number of fused-ring (bicyclic) bond motifs is 1. The molecule has 0 radical (unpaired) electrons. The van der Waals surface area contributed by atoms with Crippen molar-refractivity contribution in [2.24, 2.45) is 5.92 Å². The second kappa shape index (κ2) is 6.64. The Morgan fingerprint density at radius 1 is 1.41 bits per heavy atom. The van der Waals surface area contributed by atoms with Crippen LogP contribution in [0.5, 0.6) is 5.75 Å². The molecular weight excluding hydrogens is 280 g/mol. The van der Waals surface area contributed by atoms with Crippen molar-refractivity contribution in [3.63, 3.8) is 0 Å². The molecule has 0 spiro atoms. The Labute approximate surface area is 129 Å². The predicted octanol–water partition coefficient (Wildman–Crippen LogP) is 2.28. The van der Waals surface area contributed by atoms with E-state index in [0.29, 0.717) is 24.8 Å². The molecule has 1 aliphatic heterocycles. The van der Waals surface area contributed by atoms with E-state index in [-0.39, 0.29) is 12.3 Å². The van der Waals surface area contributed by atoms with Gasteiger partial charge in [0.15, 0.2) is 0 Å². The number of nitrogens with zero attached hydrogens (tertiary/aromatic N) is 1. The van der Waals surface area contributed by atoms with Gasteiger partial charge in [0.05, 0.1) is 18.7 Å². The van der Waals surface area contributed by atoms with E-state index in [2.05, 4.69) is 16.5 Å². The van der Waals surface area contributed by atoms with Gasteiger partial charge in [0.1, 0.15) is 11.5 Å².